The van der Waals surface area contributed by atoms with Crippen LogP contribution < -0.4 is 10.1 Å². The van der Waals surface area contributed by atoms with Crippen molar-refractivity contribution in [2.45, 2.75) is 31.9 Å². The van der Waals surface area contributed by atoms with E-state index in [2.05, 4.69) is 10.4 Å². The Hall–Kier alpha value is -3.29. The van der Waals surface area contributed by atoms with Crippen molar-refractivity contribution in [1.82, 2.24) is 9.78 Å². The third-order valence-electron chi connectivity index (χ3n) is 5.17. The number of methoxy groups -OCH3 is 1. The standard InChI is InChI=1S/C22H20F3N3O2/c1-30-17-12-8-15(9-13-17)26-21(29)14-6-10-16(11-7-14)28-19-5-3-2-4-18(19)20(27-28)22(23,24)25/h6-13H,2-5H2,1H3,(H,26,29). The molecule has 0 aliphatic heterocycles. The maximum Gasteiger partial charge on any atom is 0.435 e. The Morgan fingerprint density at radius 3 is 2.33 bits per heavy atom. The molecule has 30 heavy (non-hydrogen) atoms. The summed E-state index contributed by atoms with van der Waals surface area (Å²) in [6.45, 7) is 0. The number of hydrogen-bond acceptors (Lipinski definition) is 3. The van der Waals surface area contributed by atoms with Gasteiger partial charge in [-0.25, -0.2) is 4.68 Å². The molecular weight excluding hydrogens is 395 g/mol. The maximum absolute atomic E-state index is 13.4. The number of amides is 1. The van der Waals surface area contributed by atoms with Crippen LogP contribution in [0.25, 0.3) is 5.69 Å². The third-order valence-corrected chi connectivity index (χ3v) is 5.17. The topological polar surface area (TPSA) is 56.1 Å². The van der Waals surface area contributed by atoms with E-state index in [4.69, 9.17) is 4.74 Å². The van der Waals surface area contributed by atoms with Gasteiger partial charge in [-0.3, -0.25) is 4.79 Å². The molecule has 1 aliphatic rings. The second-order valence-corrected chi connectivity index (χ2v) is 7.12. The minimum atomic E-state index is -4.48. The number of aromatic nitrogens is 2. The summed E-state index contributed by atoms with van der Waals surface area (Å²) in [5.41, 5.74) is 1.59. The van der Waals surface area contributed by atoms with Gasteiger partial charge in [-0.2, -0.15) is 18.3 Å². The first-order valence-electron chi connectivity index (χ1n) is 9.60. The molecule has 0 bridgehead atoms. The molecule has 1 aliphatic carbocycles. The molecule has 0 saturated heterocycles. The monoisotopic (exact) mass is 415 g/mol. The molecule has 156 valence electrons. The Bertz CT molecular complexity index is 1050. The van der Waals surface area contributed by atoms with Crippen molar-refractivity contribution in [1.29, 1.82) is 0 Å². The molecule has 5 nitrogen and oxygen atoms in total. The molecule has 0 spiro atoms. The second-order valence-electron chi connectivity index (χ2n) is 7.12. The van der Waals surface area contributed by atoms with Gasteiger partial charge in [0.25, 0.3) is 5.91 Å². The van der Waals surface area contributed by atoms with Crippen molar-refractivity contribution in [2.24, 2.45) is 0 Å². The van der Waals surface area contributed by atoms with E-state index in [0.29, 0.717) is 41.2 Å². The Labute approximate surface area is 171 Å². The molecule has 1 amide bonds. The van der Waals surface area contributed by atoms with Crippen LogP contribution in [0, 0.1) is 0 Å². The number of ether oxygens (including phenoxy) is 1. The van der Waals surface area contributed by atoms with Gasteiger partial charge in [-0.1, -0.05) is 0 Å². The Kier molecular flexibility index (Phi) is 5.24. The first-order chi connectivity index (χ1) is 14.4. The summed E-state index contributed by atoms with van der Waals surface area (Å²) in [7, 11) is 1.56. The van der Waals surface area contributed by atoms with Gasteiger partial charge in [-0.15, -0.1) is 0 Å². The molecule has 0 saturated carbocycles. The number of carbonyl (C=O) groups excluding carboxylic acids is 1. The van der Waals surface area contributed by atoms with Crippen molar-refractivity contribution in [3.05, 3.63) is 71.0 Å². The highest BCUT2D eigenvalue weighted by atomic mass is 19.4. The van der Waals surface area contributed by atoms with E-state index < -0.39 is 11.9 Å². The Morgan fingerprint density at radius 2 is 1.70 bits per heavy atom. The highest BCUT2D eigenvalue weighted by Gasteiger charge is 2.39. The van der Waals surface area contributed by atoms with Crippen molar-refractivity contribution in [3.8, 4) is 11.4 Å². The van der Waals surface area contributed by atoms with Gasteiger partial charge in [0, 0.05) is 22.5 Å². The molecule has 2 aromatic carbocycles. The summed E-state index contributed by atoms with van der Waals surface area (Å²) < 4.78 is 46.6. The fourth-order valence-corrected chi connectivity index (χ4v) is 3.67. The predicted molar refractivity (Wildman–Crippen MR) is 106 cm³/mol. The third kappa shape index (κ3) is 3.90. The Balaban J connectivity index is 1.58. The van der Waals surface area contributed by atoms with Crippen molar-refractivity contribution in [3.63, 3.8) is 0 Å². The van der Waals surface area contributed by atoms with Crippen LogP contribution in [0.15, 0.2) is 48.5 Å². The summed E-state index contributed by atoms with van der Waals surface area (Å²) in [4.78, 5) is 12.5. The van der Waals surface area contributed by atoms with E-state index in [-0.39, 0.29) is 11.5 Å². The minimum absolute atomic E-state index is 0.287. The lowest BCUT2D eigenvalue weighted by molar-refractivity contribution is -0.142. The number of halogens is 3. The molecule has 3 aromatic rings. The smallest absolute Gasteiger partial charge is 0.435 e. The van der Waals surface area contributed by atoms with Crippen LogP contribution in [0.5, 0.6) is 5.75 Å². The molecule has 1 aromatic heterocycles. The van der Waals surface area contributed by atoms with E-state index in [1.54, 1.807) is 55.6 Å². The van der Waals surface area contributed by atoms with Gasteiger partial charge in [-0.05, 0) is 74.2 Å². The zero-order valence-electron chi connectivity index (χ0n) is 16.3. The van der Waals surface area contributed by atoms with Crippen LogP contribution >= 0.6 is 0 Å². The minimum Gasteiger partial charge on any atom is -0.497 e. The quantitative estimate of drug-likeness (QED) is 0.650. The van der Waals surface area contributed by atoms with E-state index in [1.165, 1.54) is 4.68 Å². The van der Waals surface area contributed by atoms with Crippen LogP contribution in [-0.2, 0) is 19.0 Å². The lowest BCUT2D eigenvalue weighted by atomic mass is 9.95. The first kappa shape index (κ1) is 20.0. The number of anilines is 1. The average molecular weight is 415 g/mol. The van der Waals surface area contributed by atoms with Crippen LogP contribution in [0.1, 0.15) is 40.2 Å². The highest BCUT2D eigenvalue weighted by Crippen LogP contribution is 2.36. The van der Waals surface area contributed by atoms with E-state index in [9.17, 15) is 18.0 Å². The van der Waals surface area contributed by atoms with Crippen LogP contribution in [0.4, 0.5) is 18.9 Å². The van der Waals surface area contributed by atoms with Gasteiger partial charge in [0.15, 0.2) is 5.69 Å². The van der Waals surface area contributed by atoms with E-state index in [1.807, 2.05) is 0 Å². The molecule has 1 N–H and O–H groups in total. The zero-order chi connectivity index (χ0) is 21.3. The second kappa shape index (κ2) is 7.85. The molecule has 1 heterocycles. The normalized spacial score (nSPS) is 13.6. The summed E-state index contributed by atoms with van der Waals surface area (Å²) >= 11 is 0. The van der Waals surface area contributed by atoms with Crippen molar-refractivity contribution >= 4 is 11.6 Å². The lowest BCUT2D eigenvalue weighted by Crippen LogP contribution is -2.12. The molecule has 0 atom stereocenters. The fraction of sp³-hybridized carbons (Fsp3) is 0.273. The highest BCUT2D eigenvalue weighted by molar-refractivity contribution is 6.04. The number of rotatable bonds is 4. The maximum atomic E-state index is 13.4. The van der Waals surface area contributed by atoms with Gasteiger partial charge in [0.2, 0.25) is 0 Å². The number of benzene rings is 2. The van der Waals surface area contributed by atoms with Gasteiger partial charge in [0.1, 0.15) is 5.75 Å². The summed E-state index contributed by atoms with van der Waals surface area (Å²) in [5, 5.41) is 6.65. The summed E-state index contributed by atoms with van der Waals surface area (Å²) in [6, 6.07) is 13.3. The van der Waals surface area contributed by atoms with Gasteiger partial charge in [0.05, 0.1) is 12.8 Å². The van der Waals surface area contributed by atoms with Crippen LogP contribution in [0.2, 0.25) is 0 Å². The molecule has 0 radical (unpaired) electrons. The van der Waals surface area contributed by atoms with Crippen LogP contribution in [-0.4, -0.2) is 22.8 Å². The number of hydrogen-bond donors (Lipinski definition) is 1. The van der Waals surface area contributed by atoms with E-state index in [0.717, 1.165) is 12.8 Å². The predicted octanol–water partition coefficient (Wildman–Crippen LogP) is 5.03. The number of fused-ring (bicyclic) bond motifs is 1. The number of alkyl halides is 3. The van der Waals surface area contributed by atoms with Crippen molar-refractivity contribution < 1.29 is 22.7 Å². The van der Waals surface area contributed by atoms with Gasteiger partial charge < -0.3 is 10.1 Å². The van der Waals surface area contributed by atoms with E-state index >= 15 is 0 Å². The average Bonchev–Trinajstić information content (AvgIpc) is 3.15. The molecule has 4 rings (SSSR count). The summed E-state index contributed by atoms with van der Waals surface area (Å²) in [6.07, 6.45) is -1.99. The molecular formula is C22H20F3N3O2. The number of carbonyl (C=O) groups is 1. The Morgan fingerprint density at radius 1 is 1.03 bits per heavy atom. The summed E-state index contributed by atoms with van der Waals surface area (Å²) in [5.74, 6) is 0.364. The molecule has 0 unspecified atom stereocenters. The number of nitrogens with zero attached hydrogens (tertiary/aromatic N) is 2. The molecule has 0 fully saturated rings. The largest absolute Gasteiger partial charge is 0.497 e. The first-order valence-corrected chi connectivity index (χ1v) is 9.60. The van der Waals surface area contributed by atoms with Gasteiger partial charge >= 0.3 is 6.18 Å². The van der Waals surface area contributed by atoms with Crippen LogP contribution in [0.3, 0.4) is 0 Å². The zero-order valence-corrected chi connectivity index (χ0v) is 16.3. The SMILES string of the molecule is COc1ccc(NC(=O)c2ccc(-n3nc(C(F)(F)F)c4c3CCCC4)cc2)cc1. The fourth-order valence-electron chi connectivity index (χ4n) is 3.67. The molecule has 8 heteroatoms. The lowest BCUT2D eigenvalue weighted by Gasteiger charge is -2.15. The van der Waals surface area contributed by atoms with Crippen molar-refractivity contribution in [2.75, 3.05) is 12.4 Å². The number of nitrogens with one attached hydrogen (secondary N) is 1.